The summed E-state index contributed by atoms with van der Waals surface area (Å²) in [6, 6.07) is 2.97. The molecule has 0 aromatic carbocycles. The van der Waals surface area contributed by atoms with Crippen molar-refractivity contribution in [3.63, 3.8) is 0 Å². The summed E-state index contributed by atoms with van der Waals surface area (Å²) < 4.78 is 37.2. The molecular formula is C9H10F3NS. The number of hydrogen-bond donors (Lipinski definition) is 1. The Bertz CT molecular complexity index is 298. The minimum Gasteiger partial charge on any atom is -0.252 e. The van der Waals surface area contributed by atoms with E-state index < -0.39 is 11.9 Å². The summed E-state index contributed by atoms with van der Waals surface area (Å²) in [6.45, 7) is 0. The molecular weight excluding hydrogens is 211 g/mol. The molecule has 1 aromatic heterocycles. The average Bonchev–Trinajstić information content (AvgIpc) is 2.14. The van der Waals surface area contributed by atoms with E-state index in [2.05, 4.69) is 17.6 Å². The van der Waals surface area contributed by atoms with Crippen LogP contribution in [0.2, 0.25) is 0 Å². The third kappa shape index (κ3) is 2.90. The van der Waals surface area contributed by atoms with Crippen LogP contribution < -0.4 is 0 Å². The number of hydrogen-bond acceptors (Lipinski definition) is 2. The Balaban J connectivity index is 2.92. The Morgan fingerprint density at radius 3 is 2.64 bits per heavy atom. The summed E-state index contributed by atoms with van der Waals surface area (Å²) in [5.74, 6) is 0.576. The predicted molar refractivity (Wildman–Crippen MR) is 51.4 cm³/mol. The van der Waals surface area contributed by atoms with Crippen molar-refractivity contribution in [1.82, 2.24) is 4.98 Å². The normalized spacial score (nSPS) is 11.7. The van der Waals surface area contributed by atoms with Gasteiger partial charge in [-0.05, 0) is 30.2 Å². The van der Waals surface area contributed by atoms with E-state index in [1.165, 1.54) is 12.1 Å². The van der Waals surface area contributed by atoms with Gasteiger partial charge in [-0.2, -0.15) is 25.8 Å². The fourth-order valence-corrected chi connectivity index (χ4v) is 1.32. The van der Waals surface area contributed by atoms with E-state index in [4.69, 9.17) is 0 Å². The first-order valence-corrected chi connectivity index (χ1v) is 4.81. The van der Waals surface area contributed by atoms with Gasteiger partial charge in [-0.25, -0.2) is 0 Å². The molecule has 0 aliphatic rings. The molecule has 0 amide bonds. The zero-order valence-corrected chi connectivity index (χ0v) is 8.28. The summed E-state index contributed by atoms with van der Waals surface area (Å²) in [5, 5.41) is 0. The van der Waals surface area contributed by atoms with Crippen LogP contribution in [0.3, 0.4) is 0 Å². The highest BCUT2D eigenvalue weighted by molar-refractivity contribution is 7.80. The molecule has 0 unspecified atom stereocenters. The van der Waals surface area contributed by atoms with Crippen molar-refractivity contribution in [1.29, 1.82) is 0 Å². The Labute approximate surface area is 85.8 Å². The van der Waals surface area contributed by atoms with Gasteiger partial charge >= 0.3 is 6.18 Å². The van der Waals surface area contributed by atoms with E-state index in [9.17, 15) is 13.2 Å². The average molecular weight is 221 g/mol. The molecule has 0 saturated carbocycles. The fourth-order valence-electron chi connectivity index (χ4n) is 1.17. The Hall–Kier alpha value is -0.710. The quantitative estimate of drug-likeness (QED) is 0.774. The van der Waals surface area contributed by atoms with Gasteiger partial charge in [-0.15, -0.1) is 0 Å². The van der Waals surface area contributed by atoms with Gasteiger partial charge in [0.2, 0.25) is 0 Å². The lowest BCUT2D eigenvalue weighted by Crippen LogP contribution is -2.11. The molecule has 0 saturated heterocycles. The second-order valence-electron chi connectivity index (χ2n) is 2.84. The number of nitrogens with zero attached hydrogens (tertiary/aromatic N) is 1. The molecule has 0 N–H and O–H groups in total. The van der Waals surface area contributed by atoms with Gasteiger partial charge in [0.15, 0.2) is 0 Å². The summed E-state index contributed by atoms with van der Waals surface area (Å²) in [4.78, 5) is 3.35. The molecule has 1 nitrogen and oxygen atoms in total. The van der Waals surface area contributed by atoms with Crippen molar-refractivity contribution < 1.29 is 13.2 Å². The number of thiol groups is 1. The van der Waals surface area contributed by atoms with Crippen LogP contribution in [0.25, 0.3) is 0 Å². The molecule has 1 aromatic rings. The van der Waals surface area contributed by atoms with Crippen molar-refractivity contribution in [3.05, 3.63) is 29.6 Å². The first kappa shape index (κ1) is 11.4. The fraction of sp³-hybridized carbons (Fsp3) is 0.444. The maximum atomic E-state index is 12.4. The second-order valence-corrected chi connectivity index (χ2v) is 3.28. The van der Waals surface area contributed by atoms with Crippen LogP contribution >= 0.6 is 12.6 Å². The molecule has 78 valence electrons. The van der Waals surface area contributed by atoms with Crippen LogP contribution in [0.1, 0.15) is 17.7 Å². The van der Waals surface area contributed by atoms with Gasteiger partial charge in [0, 0.05) is 6.20 Å². The number of pyridine rings is 1. The molecule has 0 atom stereocenters. The Morgan fingerprint density at radius 2 is 2.07 bits per heavy atom. The van der Waals surface area contributed by atoms with Crippen molar-refractivity contribution in [2.75, 3.05) is 5.75 Å². The molecule has 0 spiro atoms. The standard InChI is InChI=1S/C9H10F3NS/c10-9(11,12)8-7(4-2-6-14)3-1-5-13-8/h1,3,5,14H,2,4,6H2. The van der Waals surface area contributed by atoms with E-state index in [-0.39, 0.29) is 5.56 Å². The lowest BCUT2D eigenvalue weighted by Gasteiger charge is -2.10. The lowest BCUT2D eigenvalue weighted by atomic mass is 10.1. The smallest absolute Gasteiger partial charge is 0.252 e. The first-order chi connectivity index (χ1) is 6.55. The van der Waals surface area contributed by atoms with Crippen LogP contribution in [-0.4, -0.2) is 10.7 Å². The molecule has 1 rings (SSSR count). The van der Waals surface area contributed by atoms with Crippen molar-refractivity contribution in [3.8, 4) is 0 Å². The van der Waals surface area contributed by atoms with E-state index >= 15 is 0 Å². The largest absolute Gasteiger partial charge is 0.433 e. The SMILES string of the molecule is FC(F)(F)c1ncccc1CCCS. The maximum absolute atomic E-state index is 12.4. The van der Waals surface area contributed by atoms with E-state index in [0.717, 1.165) is 6.20 Å². The third-order valence-electron chi connectivity index (χ3n) is 1.76. The number of aryl methyl sites for hydroxylation is 1. The van der Waals surface area contributed by atoms with Crippen LogP contribution in [0.4, 0.5) is 13.2 Å². The first-order valence-electron chi connectivity index (χ1n) is 4.17. The highest BCUT2D eigenvalue weighted by Gasteiger charge is 2.34. The van der Waals surface area contributed by atoms with Crippen molar-refractivity contribution in [2.24, 2.45) is 0 Å². The zero-order chi connectivity index (χ0) is 10.6. The van der Waals surface area contributed by atoms with E-state index in [0.29, 0.717) is 18.6 Å². The maximum Gasteiger partial charge on any atom is 0.433 e. The molecule has 0 bridgehead atoms. The number of halogens is 3. The molecule has 5 heteroatoms. The monoisotopic (exact) mass is 221 g/mol. The highest BCUT2D eigenvalue weighted by atomic mass is 32.1. The molecule has 14 heavy (non-hydrogen) atoms. The minimum absolute atomic E-state index is 0.244. The van der Waals surface area contributed by atoms with Gasteiger partial charge in [0.05, 0.1) is 0 Å². The van der Waals surface area contributed by atoms with Gasteiger partial charge < -0.3 is 0 Å². The molecule has 0 aliphatic heterocycles. The highest BCUT2D eigenvalue weighted by Crippen LogP contribution is 2.30. The summed E-state index contributed by atoms with van der Waals surface area (Å²) in [5.41, 5.74) is -0.532. The van der Waals surface area contributed by atoms with Gasteiger partial charge in [-0.3, -0.25) is 4.98 Å². The number of rotatable bonds is 3. The summed E-state index contributed by atoms with van der Waals surface area (Å²) in [7, 11) is 0. The molecule has 1 heterocycles. The van der Waals surface area contributed by atoms with Crippen molar-refractivity contribution >= 4 is 12.6 Å². The molecule has 0 aliphatic carbocycles. The Kier molecular flexibility index (Phi) is 3.80. The van der Waals surface area contributed by atoms with Crippen LogP contribution in [0.5, 0.6) is 0 Å². The topological polar surface area (TPSA) is 12.9 Å². The van der Waals surface area contributed by atoms with Gasteiger partial charge in [0.25, 0.3) is 0 Å². The lowest BCUT2D eigenvalue weighted by molar-refractivity contribution is -0.141. The van der Waals surface area contributed by atoms with Crippen LogP contribution in [-0.2, 0) is 12.6 Å². The second kappa shape index (κ2) is 4.68. The zero-order valence-electron chi connectivity index (χ0n) is 7.38. The Morgan fingerprint density at radius 1 is 1.36 bits per heavy atom. The predicted octanol–water partition coefficient (Wildman–Crippen LogP) is 2.96. The van der Waals surface area contributed by atoms with Gasteiger partial charge in [-0.1, -0.05) is 6.07 Å². The van der Waals surface area contributed by atoms with Crippen LogP contribution in [0, 0.1) is 0 Å². The van der Waals surface area contributed by atoms with Crippen LogP contribution in [0.15, 0.2) is 18.3 Å². The third-order valence-corrected chi connectivity index (χ3v) is 2.08. The summed E-state index contributed by atoms with van der Waals surface area (Å²) in [6.07, 6.45) is -2.20. The van der Waals surface area contributed by atoms with Crippen molar-refractivity contribution in [2.45, 2.75) is 19.0 Å². The molecule has 0 radical (unpaired) electrons. The summed E-state index contributed by atoms with van der Waals surface area (Å²) >= 11 is 3.96. The number of aromatic nitrogens is 1. The minimum atomic E-state index is -4.35. The number of alkyl halides is 3. The molecule has 0 fully saturated rings. The van der Waals surface area contributed by atoms with Gasteiger partial charge in [0.1, 0.15) is 5.69 Å². The van der Waals surface area contributed by atoms with E-state index in [1.807, 2.05) is 0 Å². The van der Waals surface area contributed by atoms with E-state index in [1.54, 1.807) is 0 Å².